The second-order valence-electron chi connectivity index (χ2n) is 7.78. The highest BCUT2D eigenvalue weighted by molar-refractivity contribution is 6.32. The lowest BCUT2D eigenvalue weighted by molar-refractivity contribution is -0.139. The molecule has 0 aliphatic rings. The minimum absolute atomic E-state index is 0.156. The Hall–Kier alpha value is -1.30. The minimum Gasteiger partial charge on any atom is -0.492 e. The molecule has 0 aliphatic carbocycles. The van der Waals surface area contributed by atoms with Crippen LogP contribution in [0.15, 0.2) is 18.2 Å². The number of hydrogen-bond acceptors (Lipinski definition) is 4. The van der Waals surface area contributed by atoms with E-state index < -0.39 is 5.60 Å². The van der Waals surface area contributed by atoms with E-state index in [2.05, 4.69) is 12.2 Å². The van der Waals surface area contributed by atoms with Gasteiger partial charge in [0, 0.05) is 25.8 Å². The summed E-state index contributed by atoms with van der Waals surface area (Å²) in [5.74, 6) is 0.430. The Labute approximate surface area is 175 Å². The van der Waals surface area contributed by atoms with Crippen LogP contribution in [0.4, 0.5) is 5.69 Å². The summed E-state index contributed by atoms with van der Waals surface area (Å²) in [7, 11) is 1.68. The molecular formula is C22H36ClNO4. The normalized spacial score (nSPS) is 13.8. The zero-order valence-corrected chi connectivity index (χ0v) is 18.9. The van der Waals surface area contributed by atoms with E-state index in [0.717, 1.165) is 25.7 Å². The van der Waals surface area contributed by atoms with Crippen LogP contribution < -0.4 is 10.1 Å². The Morgan fingerprint density at radius 3 is 2.43 bits per heavy atom. The van der Waals surface area contributed by atoms with Crippen molar-refractivity contribution < 1.29 is 19.0 Å². The largest absolute Gasteiger partial charge is 0.492 e. The molecule has 1 atom stereocenters. The van der Waals surface area contributed by atoms with Gasteiger partial charge in [-0.1, -0.05) is 37.8 Å². The summed E-state index contributed by atoms with van der Waals surface area (Å²) >= 11 is 6.34. The van der Waals surface area contributed by atoms with Gasteiger partial charge in [-0.15, -0.1) is 0 Å². The van der Waals surface area contributed by atoms with Crippen molar-refractivity contribution in [3.05, 3.63) is 23.2 Å². The van der Waals surface area contributed by atoms with Crippen LogP contribution in [0.5, 0.6) is 5.75 Å². The molecule has 0 heterocycles. The van der Waals surface area contributed by atoms with Gasteiger partial charge in [-0.25, -0.2) is 0 Å². The molecule has 1 amide bonds. The van der Waals surface area contributed by atoms with Crippen molar-refractivity contribution >= 4 is 23.2 Å². The molecule has 1 aromatic carbocycles. The molecule has 6 heteroatoms. The van der Waals surface area contributed by atoms with Gasteiger partial charge in [0.05, 0.1) is 17.2 Å². The maximum Gasteiger partial charge on any atom is 0.256 e. The number of halogens is 1. The molecule has 1 rings (SSSR count). The van der Waals surface area contributed by atoms with Crippen LogP contribution in [0.3, 0.4) is 0 Å². The summed E-state index contributed by atoms with van der Waals surface area (Å²) in [5, 5.41) is 3.38. The van der Waals surface area contributed by atoms with Gasteiger partial charge < -0.3 is 19.5 Å². The lowest BCUT2D eigenvalue weighted by atomic mass is 9.96. The number of anilines is 1. The van der Waals surface area contributed by atoms with Crippen LogP contribution in [-0.2, 0) is 14.3 Å². The third-order valence-corrected chi connectivity index (χ3v) is 5.20. The van der Waals surface area contributed by atoms with Crippen LogP contribution in [0.1, 0.15) is 66.7 Å². The van der Waals surface area contributed by atoms with Crippen molar-refractivity contribution in [1.82, 2.24) is 0 Å². The standard InChI is InChI=1S/C22H36ClNO4/c1-7-9-10-13-22(5,28-8-2)20(25)24-17-11-12-19(18(23)16-17)27-15-14-21(3,4)26-6/h11-12,16H,7-10,13-15H2,1-6H3,(H,24,25)/t22-/m0/s1. The van der Waals surface area contributed by atoms with Crippen molar-refractivity contribution in [1.29, 1.82) is 0 Å². The van der Waals surface area contributed by atoms with E-state index in [1.165, 1.54) is 0 Å². The number of hydrogen-bond donors (Lipinski definition) is 1. The summed E-state index contributed by atoms with van der Waals surface area (Å²) in [4.78, 5) is 12.8. The quantitative estimate of drug-likeness (QED) is 0.412. The first-order valence-electron chi connectivity index (χ1n) is 10.1. The number of ether oxygens (including phenoxy) is 3. The molecule has 0 saturated heterocycles. The van der Waals surface area contributed by atoms with Crippen molar-refractivity contribution in [2.24, 2.45) is 0 Å². The van der Waals surface area contributed by atoms with E-state index in [1.54, 1.807) is 25.3 Å². The first-order chi connectivity index (χ1) is 13.2. The number of carbonyl (C=O) groups excluding carboxylic acids is 1. The molecular weight excluding hydrogens is 378 g/mol. The van der Waals surface area contributed by atoms with Crippen molar-refractivity contribution in [2.75, 3.05) is 25.6 Å². The van der Waals surface area contributed by atoms with Crippen LogP contribution in [0.25, 0.3) is 0 Å². The summed E-state index contributed by atoms with van der Waals surface area (Å²) in [6, 6.07) is 5.26. The fourth-order valence-corrected chi connectivity index (χ4v) is 2.99. The van der Waals surface area contributed by atoms with Crippen molar-refractivity contribution in [2.45, 2.75) is 77.9 Å². The molecule has 0 spiro atoms. The van der Waals surface area contributed by atoms with Crippen LogP contribution in [0.2, 0.25) is 5.02 Å². The number of methoxy groups -OCH3 is 1. The zero-order chi connectivity index (χ0) is 21.2. The molecule has 0 radical (unpaired) electrons. The van der Waals surface area contributed by atoms with Gasteiger partial charge in [0.15, 0.2) is 0 Å². The summed E-state index contributed by atoms with van der Waals surface area (Å²) in [6.45, 7) is 10.9. The summed E-state index contributed by atoms with van der Waals surface area (Å²) in [6.07, 6.45) is 4.55. The number of rotatable bonds is 13. The summed E-state index contributed by atoms with van der Waals surface area (Å²) in [5.41, 5.74) is -0.472. The summed E-state index contributed by atoms with van der Waals surface area (Å²) < 4.78 is 16.9. The Morgan fingerprint density at radius 2 is 1.86 bits per heavy atom. The number of benzene rings is 1. The molecule has 0 saturated carbocycles. The third-order valence-electron chi connectivity index (χ3n) is 4.90. The molecule has 0 aromatic heterocycles. The first kappa shape index (κ1) is 24.7. The molecule has 28 heavy (non-hydrogen) atoms. The smallest absolute Gasteiger partial charge is 0.256 e. The van der Waals surface area contributed by atoms with Gasteiger partial charge in [-0.2, -0.15) is 0 Å². The first-order valence-corrected chi connectivity index (χ1v) is 10.5. The Bertz CT molecular complexity index is 621. The minimum atomic E-state index is -0.850. The molecule has 0 bridgehead atoms. The SMILES string of the molecule is CCCCC[C@](C)(OCC)C(=O)Nc1ccc(OCCC(C)(C)OC)c(Cl)c1. The average molecular weight is 414 g/mol. The highest BCUT2D eigenvalue weighted by Crippen LogP contribution is 2.29. The molecule has 0 aliphatic heterocycles. The van der Waals surface area contributed by atoms with E-state index in [-0.39, 0.29) is 11.5 Å². The van der Waals surface area contributed by atoms with E-state index in [0.29, 0.717) is 36.1 Å². The highest BCUT2D eigenvalue weighted by Gasteiger charge is 2.33. The molecule has 1 N–H and O–H groups in total. The van der Waals surface area contributed by atoms with E-state index in [4.69, 9.17) is 25.8 Å². The number of unbranched alkanes of at least 4 members (excludes halogenated alkanes) is 2. The predicted molar refractivity (Wildman–Crippen MR) is 115 cm³/mol. The average Bonchev–Trinajstić information content (AvgIpc) is 2.64. The van der Waals surface area contributed by atoms with Gasteiger partial charge in [0.25, 0.3) is 5.91 Å². The number of amides is 1. The fraction of sp³-hybridized carbons (Fsp3) is 0.682. The van der Waals surface area contributed by atoms with Gasteiger partial charge in [-0.3, -0.25) is 4.79 Å². The topological polar surface area (TPSA) is 56.8 Å². The lowest BCUT2D eigenvalue weighted by Gasteiger charge is -2.28. The monoisotopic (exact) mass is 413 g/mol. The molecule has 160 valence electrons. The fourth-order valence-electron chi connectivity index (χ4n) is 2.75. The van der Waals surface area contributed by atoms with Gasteiger partial charge in [-0.05, 0) is 52.3 Å². The number of carbonyl (C=O) groups is 1. The predicted octanol–water partition coefficient (Wildman–Crippen LogP) is 5.85. The van der Waals surface area contributed by atoms with Crippen molar-refractivity contribution in [3.8, 4) is 5.75 Å². The molecule has 1 aromatic rings. The van der Waals surface area contributed by atoms with E-state index in [9.17, 15) is 4.79 Å². The maximum atomic E-state index is 12.8. The third kappa shape index (κ3) is 7.98. The Balaban J connectivity index is 2.72. The van der Waals surface area contributed by atoms with E-state index >= 15 is 0 Å². The van der Waals surface area contributed by atoms with Crippen LogP contribution in [-0.4, -0.2) is 37.4 Å². The second-order valence-corrected chi connectivity index (χ2v) is 8.19. The Morgan fingerprint density at radius 1 is 1.14 bits per heavy atom. The molecule has 0 unspecified atom stereocenters. The Kier molecular flexibility index (Phi) is 10.3. The maximum absolute atomic E-state index is 12.8. The number of nitrogens with one attached hydrogen (secondary N) is 1. The van der Waals surface area contributed by atoms with Gasteiger partial charge in [0.2, 0.25) is 0 Å². The van der Waals surface area contributed by atoms with Crippen LogP contribution >= 0.6 is 11.6 Å². The second kappa shape index (κ2) is 11.6. The lowest BCUT2D eigenvalue weighted by Crippen LogP contribution is -2.42. The molecule has 5 nitrogen and oxygen atoms in total. The van der Waals surface area contributed by atoms with Crippen LogP contribution in [0, 0.1) is 0 Å². The van der Waals surface area contributed by atoms with Gasteiger partial charge >= 0.3 is 0 Å². The van der Waals surface area contributed by atoms with E-state index in [1.807, 2.05) is 27.7 Å². The van der Waals surface area contributed by atoms with Crippen molar-refractivity contribution in [3.63, 3.8) is 0 Å². The highest BCUT2D eigenvalue weighted by atomic mass is 35.5. The molecule has 0 fully saturated rings. The zero-order valence-electron chi connectivity index (χ0n) is 18.2. The van der Waals surface area contributed by atoms with Gasteiger partial charge in [0.1, 0.15) is 11.4 Å².